The molecule has 0 aliphatic heterocycles. The van der Waals surface area contributed by atoms with E-state index in [1.54, 1.807) is 0 Å². The third-order valence-corrected chi connectivity index (χ3v) is 1.81. The Bertz CT molecular complexity index is 187. The highest BCUT2D eigenvalue weighted by Crippen LogP contribution is 2.06. The molecular weight excluding hydrogens is 206 g/mol. The van der Waals surface area contributed by atoms with Gasteiger partial charge >= 0.3 is 6.09 Å². The molecule has 96 valence electrons. The van der Waals surface area contributed by atoms with Gasteiger partial charge in [0, 0.05) is 13.2 Å². The normalized spacial score (nSPS) is 11.2. The van der Waals surface area contributed by atoms with E-state index in [9.17, 15) is 4.79 Å². The summed E-state index contributed by atoms with van der Waals surface area (Å²) < 4.78 is 10.4. The van der Waals surface area contributed by atoms with Crippen molar-refractivity contribution in [1.29, 1.82) is 0 Å². The molecule has 1 N–H and O–H groups in total. The number of rotatable bonds is 7. The molecule has 4 heteroatoms. The van der Waals surface area contributed by atoms with Gasteiger partial charge in [0.05, 0.1) is 6.61 Å². The summed E-state index contributed by atoms with van der Waals surface area (Å²) in [6.07, 6.45) is 3.09. The molecule has 0 spiro atoms. The maximum Gasteiger partial charge on any atom is 0.407 e. The zero-order chi connectivity index (χ0) is 12.4. The molecule has 0 radical (unpaired) electrons. The molecule has 0 fully saturated rings. The van der Waals surface area contributed by atoms with Crippen LogP contribution in [0.1, 0.15) is 47.0 Å². The largest absolute Gasteiger partial charge is 0.444 e. The van der Waals surface area contributed by atoms with Crippen LogP contribution in [0.15, 0.2) is 0 Å². The number of hydrogen-bond acceptors (Lipinski definition) is 3. The molecule has 0 aliphatic rings. The molecule has 0 unspecified atom stereocenters. The van der Waals surface area contributed by atoms with Crippen molar-refractivity contribution in [3.8, 4) is 0 Å². The SMILES string of the molecule is CCCCCOCCNC(=O)OC(C)(C)C. The van der Waals surface area contributed by atoms with Gasteiger partial charge in [-0.1, -0.05) is 19.8 Å². The van der Waals surface area contributed by atoms with E-state index in [1.807, 2.05) is 20.8 Å². The van der Waals surface area contributed by atoms with E-state index in [-0.39, 0.29) is 6.09 Å². The second-order valence-corrected chi connectivity index (χ2v) is 4.75. The van der Waals surface area contributed by atoms with E-state index in [0.717, 1.165) is 13.0 Å². The summed E-state index contributed by atoms with van der Waals surface area (Å²) in [7, 11) is 0. The molecule has 0 rings (SSSR count). The van der Waals surface area contributed by atoms with Crippen molar-refractivity contribution >= 4 is 6.09 Å². The minimum absolute atomic E-state index is 0.385. The van der Waals surface area contributed by atoms with Gasteiger partial charge in [-0.15, -0.1) is 0 Å². The Balaban J connectivity index is 3.28. The molecule has 0 aromatic heterocycles. The number of ether oxygens (including phenoxy) is 2. The van der Waals surface area contributed by atoms with Crippen LogP contribution in [0.5, 0.6) is 0 Å². The first kappa shape index (κ1) is 15.2. The Labute approximate surface area is 98.7 Å². The Kier molecular flexibility index (Phi) is 7.99. The van der Waals surface area contributed by atoms with E-state index in [2.05, 4.69) is 12.2 Å². The van der Waals surface area contributed by atoms with Crippen LogP contribution in [-0.2, 0) is 9.47 Å². The summed E-state index contributed by atoms with van der Waals surface area (Å²) in [6, 6.07) is 0. The van der Waals surface area contributed by atoms with E-state index in [1.165, 1.54) is 12.8 Å². The quantitative estimate of drug-likeness (QED) is 0.685. The molecule has 0 aromatic rings. The lowest BCUT2D eigenvalue weighted by Crippen LogP contribution is -2.34. The zero-order valence-corrected chi connectivity index (χ0v) is 11.0. The zero-order valence-electron chi connectivity index (χ0n) is 11.0. The number of carbonyl (C=O) groups excluding carboxylic acids is 1. The second kappa shape index (κ2) is 8.39. The van der Waals surface area contributed by atoms with Crippen LogP contribution in [0.25, 0.3) is 0 Å². The molecule has 0 atom stereocenters. The van der Waals surface area contributed by atoms with Gasteiger partial charge in [0.1, 0.15) is 5.60 Å². The minimum atomic E-state index is -0.438. The first-order valence-corrected chi connectivity index (χ1v) is 6.00. The summed E-state index contributed by atoms with van der Waals surface area (Å²) in [5.41, 5.74) is -0.438. The van der Waals surface area contributed by atoms with Crippen LogP contribution in [0.4, 0.5) is 4.79 Å². The fourth-order valence-electron chi connectivity index (χ4n) is 1.10. The minimum Gasteiger partial charge on any atom is -0.444 e. The third-order valence-electron chi connectivity index (χ3n) is 1.81. The molecule has 0 aromatic carbocycles. The fourth-order valence-corrected chi connectivity index (χ4v) is 1.10. The Morgan fingerprint density at radius 3 is 2.44 bits per heavy atom. The van der Waals surface area contributed by atoms with Crippen LogP contribution in [0, 0.1) is 0 Å². The lowest BCUT2D eigenvalue weighted by Gasteiger charge is -2.19. The number of alkyl carbamates (subject to hydrolysis) is 1. The second-order valence-electron chi connectivity index (χ2n) is 4.75. The van der Waals surface area contributed by atoms with Crippen molar-refractivity contribution in [1.82, 2.24) is 5.32 Å². The molecule has 0 aliphatic carbocycles. The summed E-state index contributed by atoms with van der Waals surface area (Å²) in [5.74, 6) is 0. The topological polar surface area (TPSA) is 47.6 Å². The van der Waals surface area contributed by atoms with Crippen molar-refractivity contribution in [3.05, 3.63) is 0 Å². The van der Waals surface area contributed by atoms with Gasteiger partial charge in [0.2, 0.25) is 0 Å². The van der Waals surface area contributed by atoms with Crippen molar-refractivity contribution in [2.45, 2.75) is 52.6 Å². The van der Waals surface area contributed by atoms with Crippen molar-refractivity contribution < 1.29 is 14.3 Å². The van der Waals surface area contributed by atoms with Crippen molar-refractivity contribution in [3.63, 3.8) is 0 Å². The van der Waals surface area contributed by atoms with Gasteiger partial charge in [-0.25, -0.2) is 4.79 Å². The average molecular weight is 231 g/mol. The highest BCUT2D eigenvalue weighted by molar-refractivity contribution is 5.67. The van der Waals surface area contributed by atoms with Gasteiger partial charge in [0.15, 0.2) is 0 Å². The van der Waals surface area contributed by atoms with E-state index in [4.69, 9.17) is 9.47 Å². The number of carbonyl (C=O) groups is 1. The lowest BCUT2D eigenvalue weighted by molar-refractivity contribution is 0.0498. The first-order valence-electron chi connectivity index (χ1n) is 6.00. The number of amides is 1. The predicted molar refractivity (Wildman–Crippen MR) is 64.6 cm³/mol. The lowest BCUT2D eigenvalue weighted by atomic mass is 10.2. The summed E-state index contributed by atoms with van der Waals surface area (Å²) in [4.78, 5) is 11.2. The number of hydrogen-bond donors (Lipinski definition) is 1. The highest BCUT2D eigenvalue weighted by Gasteiger charge is 2.15. The standard InChI is InChI=1S/C12H25NO3/c1-5-6-7-9-15-10-8-13-11(14)16-12(2,3)4/h5-10H2,1-4H3,(H,13,14). The maximum atomic E-state index is 11.2. The van der Waals surface area contributed by atoms with Crippen LogP contribution in [0.2, 0.25) is 0 Å². The predicted octanol–water partition coefficient (Wildman–Crippen LogP) is 2.72. The average Bonchev–Trinajstić information content (AvgIpc) is 2.13. The molecule has 16 heavy (non-hydrogen) atoms. The summed E-state index contributed by atoms with van der Waals surface area (Å²) >= 11 is 0. The Morgan fingerprint density at radius 1 is 1.19 bits per heavy atom. The van der Waals surface area contributed by atoms with Gasteiger partial charge in [0.25, 0.3) is 0 Å². The number of nitrogens with one attached hydrogen (secondary N) is 1. The van der Waals surface area contributed by atoms with Gasteiger partial charge in [-0.3, -0.25) is 0 Å². The fraction of sp³-hybridized carbons (Fsp3) is 0.917. The molecular formula is C12H25NO3. The maximum absolute atomic E-state index is 11.2. The number of unbranched alkanes of at least 4 members (excludes halogenated alkanes) is 2. The third kappa shape index (κ3) is 11.3. The monoisotopic (exact) mass is 231 g/mol. The van der Waals surface area contributed by atoms with Crippen LogP contribution >= 0.6 is 0 Å². The molecule has 0 saturated carbocycles. The molecule has 0 bridgehead atoms. The van der Waals surface area contributed by atoms with Crippen molar-refractivity contribution in [2.24, 2.45) is 0 Å². The van der Waals surface area contributed by atoms with Crippen LogP contribution < -0.4 is 5.32 Å². The molecule has 0 saturated heterocycles. The van der Waals surface area contributed by atoms with Crippen molar-refractivity contribution in [2.75, 3.05) is 19.8 Å². The van der Waals surface area contributed by atoms with Gasteiger partial charge < -0.3 is 14.8 Å². The van der Waals surface area contributed by atoms with Crippen LogP contribution in [-0.4, -0.2) is 31.5 Å². The molecule has 1 amide bonds. The highest BCUT2D eigenvalue weighted by atomic mass is 16.6. The van der Waals surface area contributed by atoms with Gasteiger partial charge in [-0.2, -0.15) is 0 Å². The first-order chi connectivity index (χ1) is 7.45. The molecule has 0 heterocycles. The van der Waals surface area contributed by atoms with E-state index < -0.39 is 5.60 Å². The summed E-state index contributed by atoms with van der Waals surface area (Å²) in [6.45, 7) is 9.49. The van der Waals surface area contributed by atoms with E-state index in [0.29, 0.717) is 13.2 Å². The Hall–Kier alpha value is -0.770. The van der Waals surface area contributed by atoms with E-state index >= 15 is 0 Å². The van der Waals surface area contributed by atoms with Gasteiger partial charge in [-0.05, 0) is 27.2 Å². The summed E-state index contributed by atoms with van der Waals surface area (Å²) in [5, 5.41) is 2.64. The Morgan fingerprint density at radius 2 is 1.88 bits per heavy atom. The van der Waals surface area contributed by atoms with Crippen LogP contribution in [0.3, 0.4) is 0 Å². The molecule has 4 nitrogen and oxygen atoms in total. The smallest absolute Gasteiger partial charge is 0.407 e.